The summed E-state index contributed by atoms with van der Waals surface area (Å²) in [4.78, 5) is 2.47. The summed E-state index contributed by atoms with van der Waals surface area (Å²) in [5.74, 6) is 0.417. The number of hydrogen-bond acceptors (Lipinski definition) is 2. The van der Waals surface area contributed by atoms with Crippen molar-refractivity contribution in [2.24, 2.45) is 5.92 Å². The van der Waals surface area contributed by atoms with Crippen LogP contribution in [0, 0.1) is 5.92 Å². The predicted octanol–water partition coefficient (Wildman–Crippen LogP) is 4.06. The third kappa shape index (κ3) is 3.58. The number of para-hydroxylation sites is 1. The molecule has 1 aliphatic rings. The van der Waals surface area contributed by atoms with Gasteiger partial charge in [0.2, 0.25) is 0 Å². The van der Waals surface area contributed by atoms with E-state index in [0.717, 1.165) is 19.4 Å². The van der Waals surface area contributed by atoms with E-state index in [1.165, 1.54) is 11.3 Å². The summed E-state index contributed by atoms with van der Waals surface area (Å²) >= 11 is 0. The van der Waals surface area contributed by atoms with Crippen LogP contribution in [0.1, 0.15) is 24.4 Å². The third-order valence-corrected chi connectivity index (χ3v) is 4.24. The summed E-state index contributed by atoms with van der Waals surface area (Å²) in [6.45, 7) is 1.31. The Bertz CT molecular complexity index is 531. The number of nitrogens with zero attached hydrogens (tertiary/aromatic N) is 1. The Labute approximate surface area is 132 Å². The van der Waals surface area contributed by atoms with Gasteiger partial charge in [-0.15, -0.1) is 12.4 Å². The maximum atomic E-state index is 9.49. The second-order valence-corrected chi connectivity index (χ2v) is 5.53. The van der Waals surface area contributed by atoms with Gasteiger partial charge in [-0.25, -0.2) is 0 Å². The average Bonchev–Trinajstić information content (AvgIpc) is 2.56. The summed E-state index contributed by atoms with van der Waals surface area (Å²) in [5.41, 5.74) is 2.62. The molecule has 0 amide bonds. The standard InChI is InChI=1S/C18H21NO.ClH/c20-14-15-11-12-19(17-9-5-2-6-10-17)18(13-15)16-7-3-1-4-8-16;/h1-10,15,18,20H,11-14H2;1H. The predicted molar refractivity (Wildman–Crippen MR) is 90.0 cm³/mol. The molecule has 2 aromatic carbocycles. The second kappa shape index (κ2) is 7.48. The van der Waals surface area contributed by atoms with Crippen molar-refractivity contribution < 1.29 is 5.11 Å². The monoisotopic (exact) mass is 303 g/mol. The van der Waals surface area contributed by atoms with Crippen molar-refractivity contribution in [1.82, 2.24) is 0 Å². The molecule has 2 unspecified atom stereocenters. The number of halogens is 1. The zero-order chi connectivity index (χ0) is 13.8. The molecule has 0 bridgehead atoms. The van der Waals surface area contributed by atoms with Gasteiger partial charge in [-0.3, -0.25) is 0 Å². The normalized spacial score (nSPS) is 21.7. The van der Waals surface area contributed by atoms with Crippen molar-refractivity contribution in [2.45, 2.75) is 18.9 Å². The SMILES string of the molecule is Cl.OCC1CCN(c2ccccc2)C(c2ccccc2)C1. The first-order valence-electron chi connectivity index (χ1n) is 7.36. The fourth-order valence-electron chi connectivity index (χ4n) is 3.12. The Morgan fingerprint density at radius 1 is 0.952 bits per heavy atom. The molecule has 3 rings (SSSR count). The molecule has 0 aliphatic carbocycles. The molecule has 2 atom stereocenters. The number of benzene rings is 2. The van der Waals surface area contributed by atoms with Crippen LogP contribution in [0.5, 0.6) is 0 Å². The lowest BCUT2D eigenvalue weighted by Gasteiger charge is -2.41. The Balaban J connectivity index is 0.00000161. The minimum absolute atomic E-state index is 0. The zero-order valence-corrected chi connectivity index (χ0v) is 12.9. The minimum atomic E-state index is 0. The number of anilines is 1. The van der Waals surface area contributed by atoms with Crippen LogP contribution in [0.4, 0.5) is 5.69 Å². The van der Waals surface area contributed by atoms with Gasteiger partial charge in [0, 0.05) is 18.8 Å². The molecule has 1 fully saturated rings. The van der Waals surface area contributed by atoms with E-state index in [-0.39, 0.29) is 12.4 Å². The van der Waals surface area contributed by atoms with Crippen LogP contribution in [0.25, 0.3) is 0 Å². The first-order valence-corrected chi connectivity index (χ1v) is 7.36. The Morgan fingerprint density at radius 2 is 1.57 bits per heavy atom. The molecule has 3 heteroatoms. The van der Waals surface area contributed by atoms with Crippen LogP contribution in [0.2, 0.25) is 0 Å². The molecule has 0 aromatic heterocycles. The van der Waals surface area contributed by atoms with Gasteiger partial charge in [0.1, 0.15) is 0 Å². The number of piperidine rings is 1. The average molecular weight is 304 g/mol. The highest BCUT2D eigenvalue weighted by Gasteiger charge is 2.29. The maximum Gasteiger partial charge on any atom is 0.0545 e. The molecule has 0 saturated carbocycles. The summed E-state index contributed by atoms with van der Waals surface area (Å²) in [5, 5.41) is 9.49. The van der Waals surface area contributed by atoms with E-state index in [0.29, 0.717) is 18.6 Å². The smallest absolute Gasteiger partial charge is 0.0545 e. The van der Waals surface area contributed by atoms with Crippen LogP contribution in [-0.4, -0.2) is 18.3 Å². The van der Waals surface area contributed by atoms with Gasteiger partial charge in [-0.1, -0.05) is 48.5 Å². The first-order chi connectivity index (χ1) is 9.88. The van der Waals surface area contributed by atoms with Crippen LogP contribution in [-0.2, 0) is 0 Å². The van der Waals surface area contributed by atoms with E-state index in [4.69, 9.17) is 0 Å². The van der Waals surface area contributed by atoms with Crippen molar-refractivity contribution in [3.63, 3.8) is 0 Å². The van der Waals surface area contributed by atoms with Gasteiger partial charge in [-0.05, 0) is 36.5 Å². The van der Waals surface area contributed by atoms with Gasteiger partial charge in [-0.2, -0.15) is 0 Å². The minimum Gasteiger partial charge on any atom is -0.396 e. The van der Waals surface area contributed by atoms with Gasteiger partial charge in [0.05, 0.1) is 6.04 Å². The van der Waals surface area contributed by atoms with Crippen molar-refractivity contribution in [1.29, 1.82) is 0 Å². The van der Waals surface area contributed by atoms with Crippen LogP contribution in [0.3, 0.4) is 0 Å². The fourth-order valence-corrected chi connectivity index (χ4v) is 3.12. The molecule has 2 nitrogen and oxygen atoms in total. The van der Waals surface area contributed by atoms with Gasteiger partial charge < -0.3 is 10.0 Å². The molecule has 21 heavy (non-hydrogen) atoms. The second-order valence-electron chi connectivity index (χ2n) is 5.53. The third-order valence-electron chi connectivity index (χ3n) is 4.24. The molecule has 2 aromatic rings. The number of aliphatic hydroxyl groups is 1. The largest absolute Gasteiger partial charge is 0.396 e. The zero-order valence-electron chi connectivity index (χ0n) is 12.1. The van der Waals surface area contributed by atoms with E-state index in [1.807, 2.05) is 0 Å². The molecule has 0 spiro atoms. The van der Waals surface area contributed by atoms with E-state index in [1.54, 1.807) is 0 Å². The highest BCUT2D eigenvalue weighted by Crippen LogP contribution is 2.37. The molecule has 1 aliphatic heterocycles. The molecule has 1 N–H and O–H groups in total. The molecular weight excluding hydrogens is 282 g/mol. The first kappa shape index (κ1) is 15.9. The summed E-state index contributed by atoms with van der Waals surface area (Å²) in [7, 11) is 0. The highest BCUT2D eigenvalue weighted by atomic mass is 35.5. The number of aliphatic hydroxyl groups excluding tert-OH is 1. The Hall–Kier alpha value is -1.51. The van der Waals surface area contributed by atoms with Crippen molar-refractivity contribution >= 4 is 18.1 Å². The molecule has 0 radical (unpaired) electrons. The van der Waals surface area contributed by atoms with E-state index in [2.05, 4.69) is 65.6 Å². The van der Waals surface area contributed by atoms with E-state index >= 15 is 0 Å². The lowest BCUT2D eigenvalue weighted by atomic mass is 9.87. The van der Waals surface area contributed by atoms with E-state index in [9.17, 15) is 5.11 Å². The van der Waals surface area contributed by atoms with Crippen LogP contribution >= 0.6 is 12.4 Å². The topological polar surface area (TPSA) is 23.5 Å². The molecular formula is C18H22ClNO. The summed E-state index contributed by atoms with van der Waals surface area (Å²) in [6, 6.07) is 21.6. The quantitative estimate of drug-likeness (QED) is 0.924. The lowest BCUT2D eigenvalue weighted by molar-refractivity contribution is 0.188. The molecule has 1 heterocycles. The molecule has 112 valence electrons. The van der Waals surface area contributed by atoms with Gasteiger partial charge in [0.25, 0.3) is 0 Å². The van der Waals surface area contributed by atoms with Crippen molar-refractivity contribution in [2.75, 3.05) is 18.1 Å². The Kier molecular flexibility index (Phi) is 5.66. The molecule has 1 saturated heterocycles. The van der Waals surface area contributed by atoms with Crippen LogP contribution < -0.4 is 4.90 Å². The van der Waals surface area contributed by atoms with E-state index < -0.39 is 0 Å². The summed E-state index contributed by atoms with van der Waals surface area (Å²) in [6.07, 6.45) is 2.09. The van der Waals surface area contributed by atoms with Crippen LogP contribution in [0.15, 0.2) is 60.7 Å². The number of hydrogen-bond donors (Lipinski definition) is 1. The summed E-state index contributed by atoms with van der Waals surface area (Å²) < 4.78 is 0. The van der Waals surface area contributed by atoms with Gasteiger partial charge in [0.15, 0.2) is 0 Å². The Morgan fingerprint density at radius 3 is 2.19 bits per heavy atom. The van der Waals surface area contributed by atoms with Crippen molar-refractivity contribution in [3.8, 4) is 0 Å². The van der Waals surface area contributed by atoms with Crippen molar-refractivity contribution in [3.05, 3.63) is 66.2 Å². The number of rotatable bonds is 3. The van der Waals surface area contributed by atoms with Gasteiger partial charge >= 0.3 is 0 Å². The lowest BCUT2D eigenvalue weighted by Crippen LogP contribution is -2.37. The fraction of sp³-hybridized carbons (Fsp3) is 0.333. The maximum absolute atomic E-state index is 9.49. The highest BCUT2D eigenvalue weighted by molar-refractivity contribution is 5.85.